The Morgan fingerprint density at radius 1 is 0.962 bits per heavy atom. The molecule has 3 aromatic rings. The largest absolute Gasteiger partial charge is 0.497 e. The van der Waals surface area contributed by atoms with Crippen LogP contribution in [0, 0.1) is 0 Å². The Kier molecular flexibility index (Phi) is 4.84. The molecule has 0 spiro atoms. The number of pyridine rings is 1. The Labute approximate surface area is 150 Å². The molecule has 26 heavy (non-hydrogen) atoms. The average Bonchev–Trinajstić information content (AvgIpc) is 2.71. The Bertz CT molecular complexity index is 997. The Balaban J connectivity index is 2.25. The van der Waals surface area contributed by atoms with Crippen LogP contribution in [0.4, 0.5) is 0 Å². The summed E-state index contributed by atoms with van der Waals surface area (Å²) in [5.74, 6) is 1.21. The molecule has 132 valence electrons. The summed E-state index contributed by atoms with van der Waals surface area (Å²) in [6.07, 6.45) is 2.08. The molecule has 0 N–H and O–H groups in total. The van der Waals surface area contributed by atoms with Gasteiger partial charge in [0.25, 0.3) is 0 Å². The number of carbonyl (C=O) groups is 2. The van der Waals surface area contributed by atoms with Crippen LogP contribution in [0.15, 0.2) is 42.6 Å². The predicted octanol–water partition coefficient (Wildman–Crippen LogP) is 3.30. The van der Waals surface area contributed by atoms with Crippen LogP contribution in [-0.4, -0.2) is 38.4 Å². The zero-order valence-electron chi connectivity index (χ0n) is 14.6. The van der Waals surface area contributed by atoms with Crippen LogP contribution in [0.5, 0.6) is 17.2 Å². The van der Waals surface area contributed by atoms with Crippen molar-refractivity contribution in [3.63, 3.8) is 0 Å². The monoisotopic (exact) mass is 351 g/mol. The molecule has 0 saturated heterocycles. The molecular weight excluding hydrogens is 334 g/mol. The van der Waals surface area contributed by atoms with E-state index in [0.29, 0.717) is 45.4 Å². The van der Waals surface area contributed by atoms with Gasteiger partial charge in [-0.1, -0.05) is 12.1 Å². The van der Waals surface area contributed by atoms with E-state index >= 15 is 0 Å². The van der Waals surface area contributed by atoms with Gasteiger partial charge >= 0.3 is 0 Å². The van der Waals surface area contributed by atoms with Crippen LogP contribution >= 0.6 is 0 Å². The summed E-state index contributed by atoms with van der Waals surface area (Å²) in [5.41, 5.74) is 1.02. The van der Waals surface area contributed by atoms with Crippen LogP contribution in [0.1, 0.15) is 26.4 Å². The number of ether oxygens (including phenoxy) is 3. The number of methoxy groups -OCH3 is 3. The van der Waals surface area contributed by atoms with E-state index in [-0.39, 0.29) is 11.5 Å². The molecule has 6 heteroatoms. The lowest BCUT2D eigenvalue weighted by Crippen LogP contribution is -2.07. The van der Waals surface area contributed by atoms with E-state index in [9.17, 15) is 9.59 Å². The van der Waals surface area contributed by atoms with E-state index in [0.717, 1.165) is 0 Å². The molecule has 3 rings (SSSR count). The third-order valence-corrected chi connectivity index (χ3v) is 4.10. The second-order valence-corrected chi connectivity index (χ2v) is 5.49. The maximum absolute atomic E-state index is 13.0. The first-order valence-corrected chi connectivity index (χ1v) is 7.81. The number of hydrogen-bond acceptors (Lipinski definition) is 6. The van der Waals surface area contributed by atoms with Gasteiger partial charge in [0.05, 0.1) is 21.3 Å². The standard InChI is InChI=1S/C20H17NO5/c1-24-14-6-4-5-12(7-14)20(23)19-16-9-18(26-3)17(25-2)8-15(16)13(11-22)10-21-19/h4-11H,1-3H3. The number of rotatable bonds is 6. The fourth-order valence-corrected chi connectivity index (χ4v) is 2.76. The summed E-state index contributed by atoms with van der Waals surface area (Å²) in [6.45, 7) is 0. The summed E-state index contributed by atoms with van der Waals surface area (Å²) >= 11 is 0. The molecule has 0 bridgehead atoms. The molecule has 0 unspecified atom stereocenters. The van der Waals surface area contributed by atoms with Crippen molar-refractivity contribution in [2.24, 2.45) is 0 Å². The number of hydrogen-bond donors (Lipinski definition) is 0. The van der Waals surface area contributed by atoms with Gasteiger partial charge in [0, 0.05) is 22.7 Å². The van der Waals surface area contributed by atoms with E-state index in [2.05, 4.69) is 4.98 Å². The van der Waals surface area contributed by atoms with Crippen molar-refractivity contribution in [2.45, 2.75) is 0 Å². The molecule has 0 atom stereocenters. The lowest BCUT2D eigenvalue weighted by molar-refractivity contribution is 0.103. The van der Waals surface area contributed by atoms with Crippen molar-refractivity contribution in [1.29, 1.82) is 0 Å². The third kappa shape index (κ3) is 2.97. The average molecular weight is 351 g/mol. The molecule has 2 aromatic carbocycles. The Morgan fingerprint density at radius 3 is 2.27 bits per heavy atom. The number of ketones is 1. The summed E-state index contributed by atoms with van der Waals surface area (Å²) in [6, 6.07) is 10.1. The first-order chi connectivity index (χ1) is 12.6. The second-order valence-electron chi connectivity index (χ2n) is 5.49. The third-order valence-electron chi connectivity index (χ3n) is 4.10. The van der Waals surface area contributed by atoms with Crippen molar-refractivity contribution >= 4 is 22.8 Å². The molecule has 0 aliphatic rings. The summed E-state index contributed by atoms with van der Waals surface area (Å²) in [7, 11) is 4.55. The fourth-order valence-electron chi connectivity index (χ4n) is 2.76. The topological polar surface area (TPSA) is 74.7 Å². The van der Waals surface area contributed by atoms with Crippen molar-refractivity contribution in [1.82, 2.24) is 4.98 Å². The molecule has 0 fully saturated rings. The lowest BCUT2D eigenvalue weighted by atomic mass is 9.99. The summed E-state index contributed by atoms with van der Waals surface area (Å²) in [5, 5.41) is 1.08. The molecule has 0 amide bonds. The van der Waals surface area contributed by atoms with Gasteiger partial charge in [-0.05, 0) is 29.7 Å². The molecule has 0 radical (unpaired) electrons. The van der Waals surface area contributed by atoms with E-state index in [1.54, 1.807) is 36.4 Å². The molecule has 0 saturated carbocycles. The minimum atomic E-state index is -0.279. The predicted molar refractivity (Wildman–Crippen MR) is 96.7 cm³/mol. The number of fused-ring (bicyclic) bond motifs is 1. The highest BCUT2D eigenvalue weighted by atomic mass is 16.5. The molecule has 0 aliphatic carbocycles. The van der Waals surface area contributed by atoms with Crippen molar-refractivity contribution < 1.29 is 23.8 Å². The van der Waals surface area contributed by atoms with E-state index in [4.69, 9.17) is 14.2 Å². The zero-order valence-corrected chi connectivity index (χ0v) is 14.6. The molecule has 6 nitrogen and oxygen atoms in total. The van der Waals surface area contributed by atoms with Crippen LogP contribution in [-0.2, 0) is 0 Å². The van der Waals surface area contributed by atoms with Gasteiger partial charge in [-0.15, -0.1) is 0 Å². The number of carbonyl (C=O) groups excluding carboxylic acids is 2. The summed E-state index contributed by atoms with van der Waals surface area (Å²) < 4.78 is 15.8. The SMILES string of the molecule is COc1cccc(C(=O)c2ncc(C=O)c3cc(OC)c(OC)cc23)c1. The normalized spacial score (nSPS) is 10.4. The smallest absolute Gasteiger partial charge is 0.212 e. The first-order valence-electron chi connectivity index (χ1n) is 7.81. The van der Waals surface area contributed by atoms with Gasteiger partial charge in [0.2, 0.25) is 5.78 Å². The molecular formula is C20H17NO5. The quantitative estimate of drug-likeness (QED) is 0.501. The first kappa shape index (κ1) is 17.4. The Morgan fingerprint density at radius 2 is 1.65 bits per heavy atom. The highest BCUT2D eigenvalue weighted by Crippen LogP contribution is 2.35. The number of nitrogens with zero attached hydrogens (tertiary/aromatic N) is 1. The zero-order chi connectivity index (χ0) is 18.7. The van der Waals surface area contributed by atoms with E-state index < -0.39 is 0 Å². The van der Waals surface area contributed by atoms with Gasteiger partial charge in [-0.25, -0.2) is 0 Å². The number of benzene rings is 2. The van der Waals surface area contributed by atoms with Gasteiger partial charge in [-0.3, -0.25) is 14.6 Å². The van der Waals surface area contributed by atoms with Crippen LogP contribution in [0.2, 0.25) is 0 Å². The minimum absolute atomic E-state index is 0.222. The number of aromatic nitrogens is 1. The van der Waals surface area contributed by atoms with Gasteiger partial charge in [0.1, 0.15) is 11.4 Å². The lowest BCUT2D eigenvalue weighted by Gasteiger charge is -2.12. The Hall–Kier alpha value is -3.41. The van der Waals surface area contributed by atoms with Crippen LogP contribution in [0.3, 0.4) is 0 Å². The van der Waals surface area contributed by atoms with Gasteiger partial charge in [-0.2, -0.15) is 0 Å². The van der Waals surface area contributed by atoms with Crippen LogP contribution in [0.25, 0.3) is 10.8 Å². The maximum atomic E-state index is 13.0. The fraction of sp³-hybridized carbons (Fsp3) is 0.150. The maximum Gasteiger partial charge on any atom is 0.212 e. The van der Waals surface area contributed by atoms with Gasteiger partial charge < -0.3 is 14.2 Å². The van der Waals surface area contributed by atoms with Crippen molar-refractivity contribution in [3.05, 3.63) is 59.4 Å². The minimum Gasteiger partial charge on any atom is -0.497 e. The van der Waals surface area contributed by atoms with Crippen molar-refractivity contribution in [3.8, 4) is 17.2 Å². The molecule has 0 aliphatic heterocycles. The van der Waals surface area contributed by atoms with E-state index in [1.807, 2.05) is 0 Å². The van der Waals surface area contributed by atoms with Crippen molar-refractivity contribution in [2.75, 3.05) is 21.3 Å². The molecule has 1 aromatic heterocycles. The number of aldehydes is 1. The highest BCUT2D eigenvalue weighted by molar-refractivity contribution is 6.17. The second kappa shape index (κ2) is 7.23. The molecule has 1 heterocycles. The van der Waals surface area contributed by atoms with E-state index in [1.165, 1.54) is 27.5 Å². The summed E-state index contributed by atoms with van der Waals surface area (Å²) in [4.78, 5) is 28.6. The van der Waals surface area contributed by atoms with Gasteiger partial charge in [0.15, 0.2) is 17.8 Å². The van der Waals surface area contributed by atoms with Crippen LogP contribution < -0.4 is 14.2 Å². The highest BCUT2D eigenvalue weighted by Gasteiger charge is 2.19.